The largest absolute Gasteiger partial charge is 0.312 e. The molecule has 1 heterocycles. The van der Waals surface area contributed by atoms with E-state index in [1.807, 2.05) is 0 Å². The van der Waals surface area contributed by atoms with Gasteiger partial charge in [-0.3, -0.25) is 4.90 Å². The van der Waals surface area contributed by atoms with Crippen LogP contribution in [0.2, 0.25) is 0 Å². The molecule has 0 amide bonds. The minimum Gasteiger partial charge on any atom is -0.312 e. The van der Waals surface area contributed by atoms with E-state index in [0.29, 0.717) is 5.41 Å². The molecule has 2 unspecified atom stereocenters. The first-order valence-corrected chi connectivity index (χ1v) is 8.10. The lowest BCUT2D eigenvalue weighted by Gasteiger charge is -2.40. The summed E-state index contributed by atoms with van der Waals surface area (Å²) in [6.45, 7) is 14.6. The normalized spacial score (nSPS) is 33.5. The van der Waals surface area contributed by atoms with Gasteiger partial charge in [-0.2, -0.15) is 0 Å². The number of rotatable bonds is 4. The third kappa shape index (κ3) is 4.73. The topological polar surface area (TPSA) is 18.5 Å². The fourth-order valence-electron chi connectivity index (χ4n) is 3.73. The third-order valence-corrected chi connectivity index (χ3v) is 5.12. The first-order valence-electron chi connectivity index (χ1n) is 8.10. The average Bonchev–Trinajstić information content (AvgIpc) is 2.34. The van der Waals surface area contributed by atoms with E-state index in [4.69, 9.17) is 0 Å². The van der Waals surface area contributed by atoms with Gasteiger partial charge < -0.3 is 10.2 Å². The Hall–Kier alpha value is -0.120. The van der Waals surface area contributed by atoms with Crippen molar-refractivity contribution in [2.24, 2.45) is 11.3 Å². The van der Waals surface area contributed by atoms with Gasteiger partial charge in [0.15, 0.2) is 0 Å². The summed E-state index contributed by atoms with van der Waals surface area (Å²) in [6, 6.07) is 0.750. The van der Waals surface area contributed by atoms with Crippen molar-refractivity contribution in [3.63, 3.8) is 0 Å². The molecule has 112 valence electrons. The zero-order valence-corrected chi connectivity index (χ0v) is 13.4. The van der Waals surface area contributed by atoms with Crippen LogP contribution < -0.4 is 5.32 Å². The summed E-state index contributed by atoms with van der Waals surface area (Å²) in [5.74, 6) is 0.830. The fourth-order valence-corrected chi connectivity index (χ4v) is 3.73. The first kappa shape index (κ1) is 15.3. The second-order valence-corrected chi connectivity index (χ2v) is 7.59. The van der Waals surface area contributed by atoms with E-state index in [2.05, 4.69) is 42.9 Å². The maximum absolute atomic E-state index is 3.81. The second-order valence-electron chi connectivity index (χ2n) is 7.59. The molecule has 1 saturated carbocycles. The van der Waals surface area contributed by atoms with Crippen molar-refractivity contribution in [2.75, 3.05) is 46.3 Å². The van der Waals surface area contributed by atoms with Gasteiger partial charge in [0.1, 0.15) is 0 Å². The second kappa shape index (κ2) is 6.55. The molecule has 0 spiro atoms. The standard InChI is InChI=1S/C16H33N3/c1-14-13-16(2,3)6-5-15(14)17-7-8-19-11-9-18(4)10-12-19/h14-15,17H,5-13H2,1-4H3. The predicted molar refractivity (Wildman–Crippen MR) is 82.5 cm³/mol. The molecule has 1 aliphatic heterocycles. The third-order valence-electron chi connectivity index (χ3n) is 5.12. The number of piperazine rings is 1. The van der Waals surface area contributed by atoms with Crippen LogP contribution in [0.15, 0.2) is 0 Å². The lowest BCUT2D eigenvalue weighted by molar-refractivity contribution is 0.133. The highest BCUT2D eigenvalue weighted by atomic mass is 15.2. The highest BCUT2D eigenvalue weighted by Crippen LogP contribution is 2.38. The monoisotopic (exact) mass is 267 g/mol. The number of hydrogen-bond acceptors (Lipinski definition) is 3. The van der Waals surface area contributed by atoms with Crippen molar-refractivity contribution in [1.29, 1.82) is 0 Å². The van der Waals surface area contributed by atoms with Gasteiger partial charge in [-0.05, 0) is 37.6 Å². The van der Waals surface area contributed by atoms with Gasteiger partial charge in [-0.25, -0.2) is 0 Å². The van der Waals surface area contributed by atoms with Crippen LogP contribution in [0.3, 0.4) is 0 Å². The highest BCUT2D eigenvalue weighted by molar-refractivity contribution is 4.87. The van der Waals surface area contributed by atoms with Crippen molar-refractivity contribution in [1.82, 2.24) is 15.1 Å². The summed E-state index contributed by atoms with van der Waals surface area (Å²) >= 11 is 0. The van der Waals surface area contributed by atoms with E-state index in [0.717, 1.165) is 12.0 Å². The van der Waals surface area contributed by atoms with Crippen molar-refractivity contribution in [3.8, 4) is 0 Å². The molecule has 1 aliphatic carbocycles. The summed E-state index contributed by atoms with van der Waals surface area (Å²) in [4.78, 5) is 5.03. The van der Waals surface area contributed by atoms with E-state index in [9.17, 15) is 0 Å². The van der Waals surface area contributed by atoms with Gasteiger partial charge in [0.05, 0.1) is 0 Å². The molecule has 0 radical (unpaired) electrons. The lowest BCUT2D eigenvalue weighted by atomic mass is 9.70. The van der Waals surface area contributed by atoms with Gasteiger partial charge in [0, 0.05) is 45.3 Å². The maximum Gasteiger partial charge on any atom is 0.0110 e. The molecule has 1 saturated heterocycles. The summed E-state index contributed by atoms with van der Waals surface area (Å²) in [7, 11) is 2.22. The van der Waals surface area contributed by atoms with E-state index < -0.39 is 0 Å². The molecule has 0 aromatic heterocycles. The molecule has 0 bridgehead atoms. The Bertz CT molecular complexity index is 269. The van der Waals surface area contributed by atoms with Crippen LogP contribution >= 0.6 is 0 Å². The molecule has 2 atom stereocenters. The minimum absolute atomic E-state index is 0.565. The Morgan fingerprint density at radius 1 is 1.16 bits per heavy atom. The Morgan fingerprint density at radius 3 is 2.47 bits per heavy atom. The maximum atomic E-state index is 3.81. The predicted octanol–water partition coefficient (Wildman–Crippen LogP) is 2.04. The Balaban J connectivity index is 1.63. The summed E-state index contributed by atoms with van der Waals surface area (Å²) in [6.07, 6.45) is 4.11. The molecule has 2 fully saturated rings. The van der Waals surface area contributed by atoms with E-state index >= 15 is 0 Å². The smallest absolute Gasteiger partial charge is 0.0110 e. The van der Waals surface area contributed by atoms with Crippen LogP contribution in [0, 0.1) is 11.3 Å². The molecular formula is C16H33N3. The van der Waals surface area contributed by atoms with Crippen molar-refractivity contribution in [3.05, 3.63) is 0 Å². The molecule has 3 heteroatoms. The molecule has 2 aliphatic rings. The summed E-state index contributed by atoms with van der Waals surface area (Å²) in [5.41, 5.74) is 0.565. The first-order chi connectivity index (χ1) is 8.96. The zero-order valence-electron chi connectivity index (χ0n) is 13.4. The Morgan fingerprint density at radius 2 is 1.84 bits per heavy atom. The van der Waals surface area contributed by atoms with Crippen LogP contribution in [0.1, 0.15) is 40.0 Å². The number of nitrogens with one attached hydrogen (secondary N) is 1. The van der Waals surface area contributed by atoms with Crippen molar-refractivity contribution >= 4 is 0 Å². The van der Waals surface area contributed by atoms with Crippen LogP contribution in [-0.4, -0.2) is 62.2 Å². The fraction of sp³-hybridized carbons (Fsp3) is 1.00. The molecule has 0 aromatic rings. The molecule has 2 rings (SSSR count). The Kier molecular flexibility index (Phi) is 5.27. The van der Waals surface area contributed by atoms with Gasteiger partial charge in [-0.1, -0.05) is 20.8 Å². The summed E-state index contributed by atoms with van der Waals surface area (Å²) in [5, 5.41) is 3.81. The van der Waals surface area contributed by atoms with Gasteiger partial charge >= 0.3 is 0 Å². The minimum atomic E-state index is 0.565. The van der Waals surface area contributed by atoms with Crippen molar-refractivity contribution in [2.45, 2.75) is 46.1 Å². The highest BCUT2D eigenvalue weighted by Gasteiger charge is 2.31. The van der Waals surface area contributed by atoms with Crippen LogP contribution in [0.5, 0.6) is 0 Å². The van der Waals surface area contributed by atoms with E-state index in [1.165, 1.54) is 58.5 Å². The molecular weight excluding hydrogens is 234 g/mol. The number of hydrogen-bond donors (Lipinski definition) is 1. The Labute approximate surface area is 119 Å². The number of nitrogens with zero attached hydrogens (tertiary/aromatic N) is 2. The number of likely N-dealkylation sites (N-methyl/N-ethyl adjacent to an activating group) is 1. The summed E-state index contributed by atoms with van der Waals surface area (Å²) < 4.78 is 0. The van der Waals surface area contributed by atoms with Crippen LogP contribution in [0.25, 0.3) is 0 Å². The van der Waals surface area contributed by atoms with Gasteiger partial charge in [-0.15, -0.1) is 0 Å². The lowest BCUT2D eigenvalue weighted by Crippen LogP contribution is -2.48. The van der Waals surface area contributed by atoms with E-state index in [-0.39, 0.29) is 0 Å². The quantitative estimate of drug-likeness (QED) is 0.841. The molecule has 3 nitrogen and oxygen atoms in total. The molecule has 0 aromatic carbocycles. The van der Waals surface area contributed by atoms with Gasteiger partial charge in [0.25, 0.3) is 0 Å². The average molecular weight is 267 g/mol. The SMILES string of the molecule is CC1CC(C)(C)CCC1NCCN1CCN(C)CC1. The van der Waals surface area contributed by atoms with Gasteiger partial charge in [0.2, 0.25) is 0 Å². The molecule has 1 N–H and O–H groups in total. The molecule has 19 heavy (non-hydrogen) atoms. The van der Waals surface area contributed by atoms with E-state index in [1.54, 1.807) is 0 Å². The van der Waals surface area contributed by atoms with Crippen molar-refractivity contribution < 1.29 is 0 Å². The van der Waals surface area contributed by atoms with Crippen LogP contribution in [-0.2, 0) is 0 Å². The van der Waals surface area contributed by atoms with Crippen LogP contribution in [0.4, 0.5) is 0 Å². The zero-order chi connectivity index (χ0) is 13.9.